The molecule has 1 aromatic carbocycles. The maximum atomic E-state index is 14.9. The van der Waals surface area contributed by atoms with Crippen molar-refractivity contribution in [1.29, 1.82) is 0 Å². The first-order valence-electron chi connectivity index (χ1n) is 10.2. The van der Waals surface area contributed by atoms with Gasteiger partial charge in [0, 0.05) is 48.1 Å². The molecule has 2 N–H and O–H groups in total. The number of halogens is 1. The van der Waals surface area contributed by atoms with E-state index in [2.05, 4.69) is 27.4 Å². The lowest BCUT2D eigenvalue weighted by Gasteiger charge is -2.48. The summed E-state index contributed by atoms with van der Waals surface area (Å²) in [5, 5.41) is 22.2. The molecule has 8 heteroatoms. The second kappa shape index (κ2) is 7.36. The number of rotatable bonds is 4. The Kier molecular flexibility index (Phi) is 4.66. The van der Waals surface area contributed by atoms with Gasteiger partial charge in [-0.05, 0) is 44.4 Å². The van der Waals surface area contributed by atoms with E-state index in [9.17, 15) is 9.50 Å². The third kappa shape index (κ3) is 3.52. The van der Waals surface area contributed by atoms with Crippen molar-refractivity contribution in [3.05, 3.63) is 49.1 Å². The molecule has 2 saturated heterocycles. The van der Waals surface area contributed by atoms with Crippen molar-refractivity contribution in [3.8, 4) is 28.6 Å². The summed E-state index contributed by atoms with van der Waals surface area (Å²) < 4.78 is 22.5. The van der Waals surface area contributed by atoms with Crippen LogP contribution in [-0.2, 0) is 0 Å². The summed E-state index contributed by atoms with van der Waals surface area (Å²) in [5.74, 6) is 0.386. The molecule has 0 saturated carbocycles. The molecule has 30 heavy (non-hydrogen) atoms. The van der Waals surface area contributed by atoms with Crippen LogP contribution in [0.4, 0.5) is 4.39 Å². The summed E-state index contributed by atoms with van der Waals surface area (Å²) >= 11 is 0. The first-order valence-corrected chi connectivity index (χ1v) is 10.2. The number of hydrogen-bond donors (Lipinski definition) is 2. The molecule has 0 amide bonds. The number of fused-ring (bicyclic) bond motifs is 2. The Balaban J connectivity index is 1.32. The molecule has 3 aromatic rings. The zero-order valence-corrected chi connectivity index (χ0v) is 16.7. The minimum atomic E-state index is -1.07. The lowest BCUT2D eigenvalue weighted by Crippen LogP contribution is -2.64. The van der Waals surface area contributed by atoms with Gasteiger partial charge in [0.25, 0.3) is 0 Å². The number of piperidine rings is 2. The Hall–Kier alpha value is -3.00. The predicted molar refractivity (Wildman–Crippen MR) is 109 cm³/mol. The van der Waals surface area contributed by atoms with E-state index in [0.29, 0.717) is 23.6 Å². The average molecular weight is 409 g/mol. The smallest absolute Gasteiger partial charge is 0.233 e. The lowest BCUT2D eigenvalue weighted by atomic mass is 9.75. The summed E-state index contributed by atoms with van der Waals surface area (Å²) in [6.07, 6.45) is 7.02. The van der Waals surface area contributed by atoms with Crippen LogP contribution in [0, 0.1) is 0 Å². The molecule has 5 rings (SSSR count). The van der Waals surface area contributed by atoms with E-state index in [1.165, 1.54) is 0 Å². The highest BCUT2D eigenvalue weighted by molar-refractivity contribution is 5.68. The number of phenols is 1. The molecular formula is C22H24FN5O2. The Morgan fingerprint density at radius 1 is 1.27 bits per heavy atom. The van der Waals surface area contributed by atoms with E-state index in [4.69, 9.17) is 4.74 Å². The molecule has 0 spiro atoms. The number of aromatic hydroxyl groups is 1. The van der Waals surface area contributed by atoms with Crippen LogP contribution < -0.4 is 10.1 Å². The highest BCUT2D eigenvalue weighted by atomic mass is 19.1. The van der Waals surface area contributed by atoms with Crippen LogP contribution in [0.1, 0.15) is 32.6 Å². The molecule has 0 unspecified atom stereocenters. The van der Waals surface area contributed by atoms with Gasteiger partial charge >= 0.3 is 0 Å². The number of imidazole rings is 1. The molecular weight excluding hydrogens is 385 g/mol. The average Bonchev–Trinajstić information content (AvgIpc) is 3.27. The fraction of sp³-hybridized carbons (Fsp3) is 0.409. The third-order valence-corrected chi connectivity index (χ3v) is 6.14. The van der Waals surface area contributed by atoms with Crippen LogP contribution in [0.15, 0.2) is 49.1 Å². The van der Waals surface area contributed by atoms with Crippen LogP contribution in [0.2, 0.25) is 0 Å². The van der Waals surface area contributed by atoms with Gasteiger partial charge in [0.1, 0.15) is 11.9 Å². The highest BCUT2D eigenvalue weighted by Gasteiger charge is 2.47. The third-order valence-electron chi connectivity index (χ3n) is 6.14. The van der Waals surface area contributed by atoms with Crippen LogP contribution in [-0.4, -0.2) is 48.7 Å². The quantitative estimate of drug-likeness (QED) is 0.687. The molecule has 156 valence electrons. The van der Waals surface area contributed by atoms with E-state index < -0.39 is 12.3 Å². The molecule has 2 aromatic heterocycles. The second-order valence-electron chi connectivity index (χ2n) is 8.44. The van der Waals surface area contributed by atoms with Gasteiger partial charge in [-0.1, -0.05) is 0 Å². The zero-order valence-electron chi connectivity index (χ0n) is 16.7. The lowest BCUT2D eigenvalue weighted by molar-refractivity contribution is -0.0221. The van der Waals surface area contributed by atoms with Gasteiger partial charge in [-0.25, -0.2) is 9.37 Å². The van der Waals surface area contributed by atoms with Crippen LogP contribution in [0.3, 0.4) is 0 Å². The summed E-state index contributed by atoms with van der Waals surface area (Å²) in [7, 11) is 0. The summed E-state index contributed by atoms with van der Waals surface area (Å²) in [4.78, 5) is 4.01. The van der Waals surface area contributed by atoms with Crippen molar-refractivity contribution in [2.45, 2.75) is 56.5 Å². The van der Waals surface area contributed by atoms with Crippen molar-refractivity contribution < 1.29 is 14.2 Å². The SMILES string of the molecule is C[C@]12CCC[C@H](N1)[C@@H](F)[C@H](Oc1ccc(-c3ccc(-n4ccnc4)cc3O)nn1)C2. The van der Waals surface area contributed by atoms with Gasteiger partial charge in [0.15, 0.2) is 6.17 Å². The monoisotopic (exact) mass is 409 g/mol. The van der Waals surface area contributed by atoms with Crippen molar-refractivity contribution in [1.82, 2.24) is 25.1 Å². The molecule has 4 heterocycles. The first-order chi connectivity index (χ1) is 14.5. The van der Waals surface area contributed by atoms with E-state index in [1.54, 1.807) is 47.6 Å². The maximum Gasteiger partial charge on any atom is 0.233 e. The zero-order chi connectivity index (χ0) is 20.7. The number of alkyl halides is 1. The van der Waals surface area contributed by atoms with E-state index in [-0.39, 0.29) is 17.3 Å². The molecule has 2 aliphatic heterocycles. The minimum absolute atomic E-state index is 0.0899. The van der Waals surface area contributed by atoms with E-state index in [1.807, 2.05) is 6.07 Å². The number of aromatic nitrogens is 4. The number of benzene rings is 1. The fourth-order valence-corrected chi connectivity index (χ4v) is 4.62. The van der Waals surface area contributed by atoms with Crippen LogP contribution >= 0.6 is 0 Å². The van der Waals surface area contributed by atoms with E-state index >= 15 is 0 Å². The largest absolute Gasteiger partial charge is 0.507 e. The van der Waals surface area contributed by atoms with Gasteiger partial charge in [-0.2, -0.15) is 0 Å². The molecule has 0 aliphatic carbocycles. The normalized spacial score (nSPS) is 28.3. The Morgan fingerprint density at radius 2 is 2.17 bits per heavy atom. The Bertz CT molecular complexity index is 1030. The summed E-state index contributed by atoms with van der Waals surface area (Å²) in [6, 6.07) is 8.53. The van der Waals surface area contributed by atoms with Gasteiger partial charge < -0.3 is 19.7 Å². The standard InChI is InChI=1S/C22H24FN5O2/c1-22-8-2-3-17(25-22)21(23)19(12-22)30-20-7-6-16(26-27-20)15-5-4-14(11-18(15)29)28-10-9-24-13-28/h4-7,9-11,13,17,19,21,25,29H,2-3,8,12H2,1H3/t17-,19+,21+,22+/m0/s1. The molecule has 2 bridgehead atoms. The molecule has 2 aliphatic rings. The van der Waals surface area contributed by atoms with Crippen molar-refractivity contribution in [2.75, 3.05) is 0 Å². The van der Waals surface area contributed by atoms with Crippen molar-refractivity contribution >= 4 is 0 Å². The molecule has 4 atom stereocenters. The summed E-state index contributed by atoms with van der Waals surface area (Å²) in [5.41, 5.74) is 1.78. The Morgan fingerprint density at radius 3 is 2.90 bits per heavy atom. The second-order valence-corrected chi connectivity index (χ2v) is 8.44. The minimum Gasteiger partial charge on any atom is -0.507 e. The predicted octanol–water partition coefficient (Wildman–Crippen LogP) is 3.42. The molecule has 0 radical (unpaired) electrons. The van der Waals surface area contributed by atoms with Gasteiger partial charge in [-0.3, -0.25) is 0 Å². The molecule has 2 fully saturated rings. The number of phenolic OH excluding ortho intramolecular Hbond substituents is 1. The first kappa shape index (κ1) is 19.0. The number of hydrogen-bond acceptors (Lipinski definition) is 6. The number of nitrogens with one attached hydrogen (secondary N) is 1. The van der Waals surface area contributed by atoms with Gasteiger partial charge in [0.2, 0.25) is 5.88 Å². The number of ether oxygens (including phenoxy) is 1. The van der Waals surface area contributed by atoms with Gasteiger partial charge in [-0.15, -0.1) is 10.2 Å². The van der Waals surface area contributed by atoms with Crippen molar-refractivity contribution in [3.63, 3.8) is 0 Å². The maximum absolute atomic E-state index is 14.9. The fourth-order valence-electron chi connectivity index (χ4n) is 4.62. The Labute approximate surface area is 173 Å². The van der Waals surface area contributed by atoms with Gasteiger partial charge in [0.05, 0.1) is 17.7 Å². The van der Waals surface area contributed by atoms with E-state index in [0.717, 1.165) is 24.9 Å². The van der Waals surface area contributed by atoms with Crippen molar-refractivity contribution in [2.24, 2.45) is 0 Å². The van der Waals surface area contributed by atoms with Crippen LogP contribution in [0.25, 0.3) is 16.9 Å². The molecule has 7 nitrogen and oxygen atoms in total. The van der Waals surface area contributed by atoms with Crippen LogP contribution in [0.5, 0.6) is 11.6 Å². The topological polar surface area (TPSA) is 85.1 Å². The summed E-state index contributed by atoms with van der Waals surface area (Å²) in [6.45, 7) is 2.13. The number of nitrogens with zero attached hydrogens (tertiary/aromatic N) is 4. The highest BCUT2D eigenvalue weighted by Crippen LogP contribution is 2.37.